The lowest BCUT2D eigenvalue weighted by atomic mass is 10.0. The van der Waals surface area contributed by atoms with Crippen LogP contribution in [0.4, 0.5) is 0 Å². The van der Waals surface area contributed by atoms with Gasteiger partial charge in [-0.1, -0.05) is 30.3 Å². The van der Waals surface area contributed by atoms with Gasteiger partial charge in [0, 0.05) is 30.8 Å². The second kappa shape index (κ2) is 9.94. The number of rotatable bonds is 9. The summed E-state index contributed by atoms with van der Waals surface area (Å²) in [6, 6.07) is 14.4. The van der Waals surface area contributed by atoms with Crippen LogP contribution in [0.25, 0.3) is 10.9 Å². The van der Waals surface area contributed by atoms with Gasteiger partial charge < -0.3 is 14.0 Å². The summed E-state index contributed by atoms with van der Waals surface area (Å²) in [7, 11) is 0. The van der Waals surface area contributed by atoms with Crippen LogP contribution >= 0.6 is 0 Å². The van der Waals surface area contributed by atoms with Crippen LogP contribution in [0.2, 0.25) is 0 Å². The van der Waals surface area contributed by atoms with Crippen LogP contribution in [0, 0.1) is 0 Å². The third-order valence-corrected chi connectivity index (χ3v) is 6.54. The molecule has 1 N–H and O–H groups in total. The number of aromatic nitrogens is 1. The third kappa shape index (κ3) is 4.26. The predicted molar refractivity (Wildman–Crippen MR) is 130 cm³/mol. The van der Waals surface area contributed by atoms with Crippen molar-refractivity contribution in [2.75, 3.05) is 13.2 Å². The van der Waals surface area contributed by atoms with Crippen molar-refractivity contribution in [2.45, 2.75) is 45.4 Å². The molecule has 0 saturated carbocycles. The molecule has 0 unspecified atom stereocenters. The average Bonchev–Trinajstić information content (AvgIpc) is 3.33. The highest BCUT2D eigenvalue weighted by Gasteiger charge is 2.47. The number of nitrogens with one attached hydrogen (secondary N) is 1. The van der Waals surface area contributed by atoms with Crippen LogP contribution in [0.15, 0.2) is 48.5 Å². The van der Waals surface area contributed by atoms with E-state index in [9.17, 15) is 19.2 Å². The normalized spacial score (nSPS) is 17.6. The van der Waals surface area contributed by atoms with Crippen molar-refractivity contribution < 1.29 is 28.7 Å². The number of fused-ring (bicyclic) bond motifs is 3. The molecule has 1 aromatic heterocycles. The smallest absolute Gasteiger partial charge is 0.278 e. The lowest BCUT2D eigenvalue weighted by Gasteiger charge is -2.28. The maximum atomic E-state index is 13.3. The van der Waals surface area contributed by atoms with E-state index in [1.165, 1.54) is 0 Å². The Balaban J connectivity index is 1.28. The van der Waals surface area contributed by atoms with E-state index in [2.05, 4.69) is 5.32 Å². The van der Waals surface area contributed by atoms with Gasteiger partial charge in [0.25, 0.3) is 11.8 Å². The Hall–Kier alpha value is -3.98. The van der Waals surface area contributed by atoms with Crippen LogP contribution in [0.3, 0.4) is 0 Å². The lowest BCUT2D eigenvalue weighted by molar-refractivity contribution is -0.136. The molecule has 9 heteroatoms. The van der Waals surface area contributed by atoms with E-state index in [1.54, 1.807) is 16.7 Å². The average molecular weight is 490 g/mol. The maximum absolute atomic E-state index is 13.3. The Morgan fingerprint density at radius 2 is 1.81 bits per heavy atom. The minimum absolute atomic E-state index is 0.0875. The second-order valence-corrected chi connectivity index (χ2v) is 8.83. The number of imide groups is 2. The van der Waals surface area contributed by atoms with Crippen LogP contribution in [0.5, 0.6) is 5.75 Å². The minimum Gasteiger partial charge on any atom is -0.493 e. The van der Waals surface area contributed by atoms with Gasteiger partial charge in [0.15, 0.2) is 0 Å². The second-order valence-electron chi connectivity index (χ2n) is 8.83. The number of nitrogens with zero attached hydrogens (tertiary/aromatic N) is 2. The van der Waals surface area contributed by atoms with Gasteiger partial charge in [-0.25, -0.2) is 0 Å². The highest BCUT2D eigenvalue weighted by atomic mass is 16.5. The molecule has 0 aliphatic carbocycles. The van der Waals surface area contributed by atoms with Gasteiger partial charge in [-0.15, -0.1) is 0 Å². The standard InChI is InChI=1S/C27H27N3O6/c1-2-29-21-15-18(36-14-6-13-35-16-17-7-4-3-5-8-17)9-10-19(21)23-24(29)27(34)30(26(23)33)20-11-12-22(31)28-25(20)32/h3-5,7-10,15,20H,2,6,11-14,16H2,1H3,(H,28,31,32)/t20-/m0/s1. The Morgan fingerprint density at radius 3 is 2.56 bits per heavy atom. The Kier molecular flexibility index (Phi) is 6.56. The fraction of sp³-hybridized carbons (Fsp3) is 0.333. The summed E-state index contributed by atoms with van der Waals surface area (Å²) >= 11 is 0. The SMILES string of the molecule is CCn1c2c(c3ccc(OCCCOCc4ccccc4)cc31)C(=O)N([C@H]1CCC(=O)NC1=O)C2=O. The van der Waals surface area contributed by atoms with Gasteiger partial charge in [-0.05, 0) is 31.0 Å². The molecule has 3 aromatic rings. The summed E-state index contributed by atoms with van der Waals surface area (Å²) in [5.41, 5.74) is 2.42. The highest BCUT2D eigenvalue weighted by molar-refractivity contribution is 6.28. The Bertz CT molecular complexity index is 1350. The quantitative estimate of drug-likeness (QED) is 0.366. The number of piperidine rings is 1. The molecule has 9 nitrogen and oxygen atoms in total. The van der Waals surface area contributed by atoms with E-state index in [0.29, 0.717) is 49.5 Å². The molecule has 1 fully saturated rings. The highest BCUT2D eigenvalue weighted by Crippen LogP contribution is 2.37. The van der Waals surface area contributed by atoms with Gasteiger partial charge in [-0.2, -0.15) is 0 Å². The summed E-state index contributed by atoms with van der Waals surface area (Å²) in [5.74, 6) is -1.40. The number of hydrogen-bond donors (Lipinski definition) is 1. The van der Waals surface area contributed by atoms with E-state index in [-0.39, 0.29) is 18.5 Å². The van der Waals surface area contributed by atoms with Crippen molar-refractivity contribution in [1.82, 2.24) is 14.8 Å². The first-order valence-electron chi connectivity index (χ1n) is 12.1. The number of carbonyl (C=O) groups excluding carboxylic acids is 4. The van der Waals surface area contributed by atoms with Gasteiger partial charge >= 0.3 is 0 Å². The molecule has 5 rings (SSSR count). The fourth-order valence-electron chi connectivity index (χ4n) is 4.84. The summed E-state index contributed by atoms with van der Waals surface area (Å²) in [6.07, 6.45) is 0.932. The summed E-state index contributed by atoms with van der Waals surface area (Å²) in [4.78, 5) is 51.5. The zero-order chi connectivity index (χ0) is 25.2. The van der Waals surface area contributed by atoms with E-state index < -0.39 is 29.7 Å². The largest absolute Gasteiger partial charge is 0.493 e. The molecule has 4 amide bonds. The summed E-state index contributed by atoms with van der Waals surface area (Å²) < 4.78 is 13.4. The van der Waals surface area contributed by atoms with Gasteiger partial charge in [0.1, 0.15) is 17.5 Å². The molecule has 0 bridgehead atoms. The molecule has 1 saturated heterocycles. The molecular weight excluding hydrogens is 462 g/mol. The van der Waals surface area contributed by atoms with Crippen molar-refractivity contribution in [3.63, 3.8) is 0 Å². The molecule has 0 spiro atoms. The van der Waals surface area contributed by atoms with Crippen molar-refractivity contribution in [1.29, 1.82) is 0 Å². The van der Waals surface area contributed by atoms with Gasteiger partial charge in [0.05, 0.1) is 30.9 Å². The van der Waals surface area contributed by atoms with E-state index in [4.69, 9.17) is 9.47 Å². The predicted octanol–water partition coefficient (Wildman–Crippen LogP) is 3.05. The van der Waals surface area contributed by atoms with Gasteiger partial charge in [0.2, 0.25) is 11.8 Å². The molecule has 0 radical (unpaired) electrons. The maximum Gasteiger partial charge on any atom is 0.278 e. The lowest BCUT2D eigenvalue weighted by Crippen LogP contribution is -2.54. The molecule has 3 heterocycles. The molecular formula is C27H27N3O6. The number of carbonyl (C=O) groups is 4. The number of benzene rings is 2. The van der Waals surface area contributed by atoms with Gasteiger partial charge in [-0.3, -0.25) is 29.4 Å². The summed E-state index contributed by atoms with van der Waals surface area (Å²) in [5, 5.41) is 2.86. The molecule has 36 heavy (non-hydrogen) atoms. The number of amides is 4. The van der Waals surface area contributed by atoms with Crippen LogP contribution in [-0.4, -0.2) is 52.4 Å². The Labute approximate surface area is 208 Å². The van der Waals surface area contributed by atoms with E-state index in [1.807, 2.05) is 43.3 Å². The van der Waals surface area contributed by atoms with Crippen molar-refractivity contribution >= 4 is 34.5 Å². The number of hydrogen-bond acceptors (Lipinski definition) is 6. The number of ether oxygens (including phenoxy) is 2. The third-order valence-electron chi connectivity index (χ3n) is 6.54. The van der Waals surface area contributed by atoms with E-state index in [0.717, 1.165) is 16.0 Å². The first-order chi connectivity index (χ1) is 17.5. The molecule has 2 aliphatic rings. The minimum atomic E-state index is -0.984. The zero-order valence-corrected chi connectivity index (χ0v) is 20.0. The fourth-order valence-corrected chi connectivity index (χ4v) is 4.84. The zero-order valence-electron chi connectivity index (χ0n) is 20.0. The van der Waals surface area contributed by atoms with Crippen molar-refractivity contribution in [3.8, 4) is 5.75 Å². The van der Waals surface area contributed by atoms with Crippen LogP contribution < -0.4 is 10.1 Å². The topological polar surface area (TPSA) is 107 Å². The number of aryl methyl sites for hydroxylation is 1. The molecule has 186 valence electrons. The first kappa shape index (κ1) is 23.7. The van der Waals surface area contributed by atoms with Crippen molar-refractivity contribution in [3.05, 3.63) is 65.4 Å². The summed E-state index contributed by atoms with van der Waals surface area (Å²) in [6.45, 7) is 3.94. The molecule has 2 aromatic carbocycles. The van der Waals surface area contributed by atoms with Crippen molar-refractivity contribution in [2.24, 2.45) is 0 Å². The first-order valence-corrected chi connectivity index (χ1v) is 12.1. The molecule has 1 atom stereocenters. The molecule has 2 aliphatic heterocycles. The van der Waals surface area contributed by atoms with E-state index >= 15 is 0 Å². The monoisotopic (exact) mass is 489 g/mol. The Morgan fingerprint density at radius 1 is 1.00 bits per heavy atom. The van der Waals surface area contributed by atoms with Crippen LogP contribution in [-0.2, 0) is 27.5 Å². The van der Waals surface area contributed by atoms with Crippen LogP contribution in [0.1, 0.15) is 52.6 Å².